The number of aromatic nitrogens is 2. The molecule has 0 radical (unpaired) electrons. The number of imidazole rings is 1. The Labute approximate surface area is 102 Å². The number of rotatable bonds is 4. The summed E-state index contributed by atoms with van der Waals surface area (Å²) in [5, 5.41) is 10.7. The summed E-state index contributed by atoms with van der Waals surface area (Å²) in [7, 11) is 0. The van der Waals surface area contributed by atoms with Crippen LogP contribution >= 0.6 is 0 Å². The van der Waals surface area contributed by atoms with Gasteiger partial charge >= 0.3 is 11.7 Å². The lowest BCUT2D eigenvalue weighted by atomic mass is 10.3. The van der Waals surface area contributed by atoms with E-state index < -0.39 is 10.9 Å². The first-order valence-corrected chi connectivity index (χ1v) is 5.06. The summed E-state index contributed by atoms with van der Waals surface area (Å²) in [6.07, 6.45) is 4.58. The van der Waals surface area contributed by atoms with E-state index in [1.165, 1.54) is 35.3 Å². The van der Waals surface area contributed by atoms with Crippen molar-refractivity contribution < 1.29 is 14.5 Å². The fourth-order valence-electron chi connectivity index (χ4n) is 1.38. The molecule has 0 fully saturated rings. The first-order chi connectivity index (χ1) is 8.66. The quantitative estimate of drug-likeness (QED) is 0.352. The van der Waals surface area contributed by atoms with Crippen LogP contribution in [-0.4, -0.2) is 20.4 Å². The van der Waals surface area contributed by atoms with Crippen LogP contribution in [-0.2, 0) is 11.3 Å². The van der Waals surface area contributed by atoms with Crippen molar-refractivity contribution in [3.63, 3.8) is 0 Å². The number of para-hydroxylation sites is 2. The molecule has 0 unspecified atom stereocenters. The van der Waals surface area contributed by atoms with Gasteiger partial charge in [0.25, 0.3) is 0 Å². The highest BCUT2D eigenvalue weighted by Gasteiger charge is 2.16. The number of nitro groups is 1. The number of hydrogen-bond donors (Lipinski definition) is 0. The van der Waals surface area contributed by atoms with E-state index in [2.05, 4.69) is 4.98 Å². The van der Waals surface area contributed by atoms with Crippen molar-refractivity contribution in [3.05, 3.63) is 53.1 Å². The monoisotopic (exact) mass is 247 g/mol. The molecule has 0 aliphatic carbocycles. The first-order valence-electron chi connectivity index (χ1n) is 5.06. The second-order valence-corrected chi connectivity index (χ2v) is 3.43. The van der Waals surface area contributed by atoms with Crippen molar-refractivity contribution in [2.45, 2.75) is 6.54 Å². The van der Waals surface area contributed by atoms with Crippen LogP contribution in [0.4, 0.5) is 5.69 Å². The molecule has 0 bridgehead atoms. The van der Waals surface area contributed by atoms with Crippen molar-refractivity contribution in [2.75, 3.05) is 0 Å². The van der Waals surface area contributed by atoms with E-state index in [0.717, 1.165) is 0 Å². The number of ether oxygens (including phenoxy) is 1. The molecule has 7 heteroatoms. The van der Waals surface area contributed by atoms with Gasteiger partial charge in [-0.05, 0) is 6.07 Å². The minimum atomic E-state index is -0.597. The zero-order valence-electron chi connectivity index (χ0n) is 9.22. The third kappa shape index (κ3) is 2.70. The molecular weight excluding hydrogens is 238 g/mol. The van der Waals surface area contributed by atoms with Crippen LogP contribution in [0.15, 0.2) is 43.0 Å². The number of esters is 1. The van der Waals surface area contributed by atoms with Crippen LogP contribution < -0.4 is 4.74 Å². The summed E-state index contributed by atoms with van der Waals surface area (Å²) in [5.74, 6) is -0.657. The summed E-state index contributed by atoms with van der Waals surface area (Å²) < 4.78 is 6.46. The smallest absolute Gasteiger partial charge is 0.331 e. The number of carbonyl (C=O) groups is 1. The van der Waals surface area contributed by atoms with E-state index in [1.54, 1.807) is 12.3 Å². The Bertz CT molecular complexity index is 565. The molecule has 0 spiro atoms. The molecule has 0 saturated carbocycles. The van der Waals surface area contributed by atoms with Gasteiger partial charge in [-0.25, -0.2) is 9.78 Å². The lowest BCUT2D eigenvalue weighted by Gasteiger charge is -2.04. The van der Waals surface area contributed by atoms with Crippen LogP contribution in [0.3, 0.4) is 0 Å². The maximum absolute atomic E-state index is 11.6. The van der Waals surface area contributed by atoms with Crippen molar-refractivity contribution in [2.24, 2.45) is 0 Å². The Morgan fingerprint density at radius 1 is 1.44 bits per heavy atom. The highest BCUT2D eigenvalue weighted by molar-refractivity contribution is 5.73. The highest BCUT2D eigenvalue weighted by Crippen LogP contribution is 2.25. The largest absolute Gasteiger partial charge is 0.418 e. The van der Waals surface area contributed by atoms with Gasteiger partial charge in [-0.2, -0.15) is 0 Å². The Kier molecular flexibility index (Phi) is 3.33. The summed E-state index contributed by atoms with van der Waals surface area (Å²) in [6, 6.07) is 5.72. The number of nitrogens with zero attached hydrogens (tertiary/aromatic N) is 3. The average Bonchev–Trinajstić information content (AvgIpc) is 2.82. The van der Waals surface area contributed by atoms with Crippen molar-refractivity contribution in [3.8, 4) is 5.75 Å². The third-order valence-electron chi connectivity index (χ3n) is 2.16. The Balaban J connectivity index is 2.09. The fourth-order valence-corrected chi connectivity index (χ4v) is 1.38. The van der Waals surface area contributed by atoms with Gasteiger partial charge in [0.15, 0.2) is 0 Å². The molecule has 2 rings (SSSR count). The molecule has 0 aliphatic rings. The van der Waals surface area contributed by atoms with Gasteiger partial charge in [-0.3, -0.25) is 10.1 Å². The van der Waals surface area contributed by atoms with Gasteiger partial charge < -0.3 is 9.30 Å². The topological polar surface area (TPSA) is 87.3 Å². The van der Waals surface area contributed by atoms with Gasteiger partial charge in [-0.1, -0.05) is 12.1 Å². The molecule has 18 heavy (non-hydrogen) atoms. The number of hydrogen-bond acceptors (Lipinski definition) is 5. The molecular formula is C11H9N3O4. The molecule has 1 aromatic heterocycles. The highest BCUT2D eigenvalue weighted by atomic mass is 16.6. The van der Waals surface area contributed by atoms with Crippen LogP contribution in [0.5, 0.6) is 5.75 Å². The second-order valence-electron chi connectivity index (χ2n) is 3.43. The molecule has 1 heterocycles. The van der Waals surface area contributed by atoms with E-state index in [1.807, 2.05) is 0 Å². The zero-order chi connectivity index (χ0) is 13.0. The number of benzene rings is 1. The molecule has 0 aliphatic heterocycles. The minimum absolute atomic E-state index is 0.0496. The van der Waals surface area contributed by atoms with E-state index in [0.29, 0.717) is 0 Å². The van der Waals surface area contributed by atoms with E-state index in [-0.39, 0.29) is 18.0 Å². The Morgan fingerprint density at radius 3 is 2.89 bits per heavy atom. The minimum Gasteiger partial charge on any atom is -0.418 e. The molecule has 0 saturated heterocycles. The van der Waals surface area contributed by atoms with Gasteiger partial charge in [0, 0.05) is 18.5 Å². The third-order valence-corrected chi connectivity index (χ3v) is 2.16. The standard InChI is InChI=1S/C11H9N3O4/c15-11(7-13-6-5-12-8-13)18-10-4-2-1-3-9(10)14(16)17/h1-6,8H,7H2. The fraction of sp³-hybridized carbons (Fsp3) is 0.0909. The van der Waals surface area contributed by atoms with Crippen LogP contribution in [0.2, 0.25) is 0 Å². The summed E-state index contributed by atoms with van der Waals surface area (Å²) >= 11 is 0. The number of carbonyl (C=O) groups excluding carboxylic acids is 1. The van der Waals surface area contributed by atoms with Crippen molar-refractivity contribution in [1.29, 1.82) is 0 Å². The van der Waals surface area contributed by atoms with Gasteiger partial charge in [0.2, 0.25) is 5.75 Å². The van der Waals surface area contributed by atoms with Gasteiger partial charge in [0.05, 0.1) is 11.3 Å². The van der Waals surface area contributed by atoms with Crippen molar-refractivity contribution in [1.82, 2.24) is 9.55 Å². The van der Waals surface area contributed by atoms with Crippen LogP contribution in [0, 0.1) is 10.1 Å². The first kappa shape index (κ1) is 11.8. The zero-order valence-corrected chi connectivity index (χ0v) is 9.22. The molecule has 7 nitrogen and oxygen atoms in total. The van der Waals surface area contributed by atoms with E-state index in [4.69, 9.17) is 4.74 Å². The van der Waals surface area contributed by atoms with Gasteiger partial charge in [0.1, 0.15) is 6.54 Å². The molecule has 92 valence electrons. The average molecular weight is 247 g/mol. The number of nitro benzene ring substituents is 1. The summed E-state index contributed by atoms with van der Waals surface area (Å²) in [4.78, 5) is 25.5. The maximum Gasteiger partial charge on any atom is 0.331 e. The lowest BCUT2D eigenvalue weighted by Crippen LogP contribution is -2.15. The normalized spacial score (nSPS) is 10.0. The molecule has 0 atom stereocenters. The summed E-state index contributed by atoms with van der Waals surface area (Å²) in [6.45, 7) is -0.0496. The molecule has 0 N–H and O–H groups in total. The molecule has 1 aromatic carbocycles. The van der Waals surface area contributed by atoms with Crippen LogP contribution in [0.1, 0.15) is 0 Å². The predicted molar refractivity (Wildman–Crippen MR) is 61.0 cm³/mol. The second kappa shape index (κ2) is 5.09. The molecule has 2 aromatic rings. The maximum atomic E-state index is 11.6. The predicted octanol–water partition coefficient (Wildman–Crippen LogP) is 1.40. The van der Waals surface area contributed by atoms with E-state index >= 15 is 0 Å². The lowest BCUT2D eigenvalue weighted by molar-refractivity contribution is -0.385. The van der Waals surface area contributed by atoms with E-state index in [9.17, 15) is 14.9 Å². The van der Waals surface area contributed by atoms with Gasteiger partial charge in [-0.15, -0.1) is 0 Å². The SMILES string of the molecule is O=C(Cn1ccnc1)Oc1ccccc1[N+](=O)[O-]. The Morgan fingerprint density at radius 2 is 2.22 bits per heavy atom. The van der Waals surface area contributed by atoms with Crippen molar-refractivity contribution >= 4 is 11.7 Å². The summed E-state index contributed by atoms with van der Waals surface area (Å²) in [5.41, 5.74) is -0.239. The molecule has 0 amide bonds. The van der Waals surface area contributed by atoms with Crippen LogP contribution in [0.25, 0.3) is 0 Å². The Hall–Kier alpha value is -2.70.